The van der Waals surface area contributed by atoms with Crippen LogP contribution in [-0.4, -0.2) is 44.9 Å². The lowest BCUT2D eigenvalue weighted by Crippen LogP contribution is -2.36. The van der Waals surface area contributed by atoms with Crippen LogP contribution in [0.2, 0.25) is 5.02 Å². The summed E-state index contributed by atoms with van der Waals surface area (Å²) in [7, 11) is -3.33. The Balaban J connectivity index is 2.40. The number of halogens is 1. The van der Waals surface area contributed by atoms with Gasteiger partial charge in [0.1, 0.15) is 11.9 Å². The maximum absolute atomic E-state index is 11.6. The van der Waals surface area contributed by atoms with Crippen LogP contribution in [-0.2, 0) is 25.1 Å². The number of hydrogen-bond acceptors (Lipinski definition) is 5. The second kappa shape index (κ2) is 5.38. The van der Waals surface area contributed by atoms with Crippen LogP contribution in [0, 0.1) is 0 Å². The third kappa shape index (κ3) is 3.46. The molecule has 1 fully saturated rings. The standard InChI is InChI=1S/C12H15ClO5S/c1-19(15,16)8-12(17-7-11(6-14)18-12)9-3-2-4-10(13)5-9/h2-5,11,14H,6-8H2,1H3/t11-,12-/m1/s1. The monoisotopic (exact) mass is 306 g/mol. The van der Waals surface area contributed by atoms with Crippen molar-refractivity contribution >= 4 is 21.4 Å². The molecule has 7 heteroatoms. The fourth-order valence-corrected chi connectivity index (χ4v) is 3.23. The molecular weight excluding hydrogens is 292 g/mol. The van der Waals surface area contributed by atoms with E-state index in [9.17, 15) is 8.42 Å². The first-order valence-electron chi connectivity index (χ1n) is 5.71. The molecule has 0 amide bonds. The van der Waals surface area contributed by atoms with Crippen molar-refractivity contribution in [3.63, 3.8) is 0 Å². The van der Waals surface area contributed by atoms with E-state index in [1.54, 1.807) is 24.3 Å². The van der Waals surface area contributed by atoms with E-state index in [0.717, 1.165) is 6.26 Å². The molecule has 1 aliphatic rings. The molecule has 0 radical (unpaired) electrons. The van der Waals surface area contributed by atoms with Crippen LogP contribution in [0.5, 0.6) is 0 Å². The van der Waals surface area contributed by atoms with Gasteiger partial charge in [-0.1, -0.05) is 23.7 Å². The van der Waals surface area contributed by atoms with Gasteiger partial charge in [-0.15, -0.1) is 0 Å². The number of aliphatic hydroxyl groups excluding tert-OH is 1. The minimum absolute atomic E-state index is 0.137. The minimum atomic E-state index is -3.33. The molecule has 1 saturated heterocycles. The van der Waals surface area contributed by atoms with Crippen molar-refractivity contribution in [1.29, 1.82) is 0 Å². The predicted octanol–water partition coefficient (Wildman–Crippen LogP) is 0.945. The Hall–Kier alpha value is -0.660. The van der Waals surface area contributed by atoms with E-state index in [0.29, 0.717) is 10.6 Å². The zero-order valence-electron chi connectivity index (χ0n) is 10.4. The first-order valence-corrected chi connectivity index (χ1v) is 8.15. The Morgan fingerprint density at radius 2 is 2.26 bits per heavy atom. The summed E-state index contributed by atoms with van der Waals surface area (Å²) in [6.07, 6.45) is 0.568. The highest BCUT2D eigenvalue weighted by Gasteiger charge is 2.45. The Morgan fingerprint density at radius 3 is 2.79 bits per heavy atom. The topological polar surface area (TPSA) is 72.8 Å². The van der Waals surface area contributed by atoms with E-state index < -0.39 is 21.7 Å². The second-order valence-corrected chi connectivity index (χ2v) is 7.14. The molecule has 0 spiro atoms. The Labute approximate surface area is 117 Å². The van der Waals surface area contributed by atoms with E-state index in [2.05, 4.69) is 0 Å². The van der Waals surface area contributed by atoms with E-state index >= 15 is 0 Å². The predicted molar refractivity (Wildman–Crippen MR) is 70.8 cm³/mol. The molecule has 1 aromatic rings. The number of rotatable bonds is 4. The molecule has 1 aromatic carbocycles. The fraction of sp³-hybridized carbons (Fsp3) is 0.500. The summed E-state index contributed by atoms with van der Waals surface area (Å²) in [4.78, 5) is 0. The van der Waals surface area contributed by atoms with Crippen molar-refractivity contribution in [2.24, 2.45) is 0 Å². The van der Waals surface area contributed by atoms with Gasteiger partial charge in [-0.25, -0.2) is 8.42 Å². The first-order chi connectivity index (χ1) is 8.85. The van der Waals surface area contributed by atoms with Crippen molar-refractivity contribution < 1.29 is 23.0 Å². The Bertz CT molecular complexity index is 559. The maximum Gasteiger partial charge on any atom is 0.209 e. The van der Waals surface area contributed by atoms with Gasteiger partial charge in [-0.05, 0) is 12.1 Å². The molecule has 1 N–H and O–H groups in total. The molecule has 19 heavy (non-hydrogen) atoms. The molecule has 1 heterocycles. The number of ether oxygens (including phenoxy) is 2. The smallest absolute Gasteiger partial charge is 0.209 e. The summed E-state index contributed by atoms with van der Waals surface area (Å²) in [6.45, 7) is -0.0926. The van der Waals surface area contributed by atoms with Gasteiger partial charge in [0.05, 0.1) is 13.2 Å². The minimum Gasteiger partial charge on any atom is -0.394 e. The lowest BCUT2D eigenvalue weighted by atomic mass is 10.1. The zero-order chi connectivity index (χ0) is 14.1. The van der Waals surface area contributed by atoms with Crippen LogP contribution >= 0.6 is 11.6 Å². The van der Waals surface area contributed by atoms with Crippen LogP contribution in [0.3, 0.4) is 0 Å². The maximum atomic E-state index is 11.6. The van der Waals surface area contributed by atoms with Crippen LogP contribution < -0.4 is 0 Å². The number of aliphatic hydroxyl groups is 1. The van der Waals surface area contributed by atoms with E-state index in [-0.39, 0.29) is 19.0 Å². The highest BCUT2D eigenvalue weighted by atomic mass is 35.5. The van der Waals surface area contributed by atoms with Crippen molar-refractivity contribution in [1.82, 2.24) is 0 Å². The summed E-state index contributed by atoms with van der Waals surface area (Å²) < 4.78 is 34.3. The molecule has 106 valence electrons. The molecular formula is C12H15ClO5S. The first kappa shape index (κ1) is 14.7. The van der Waals surface area contributed by atoms with Crippen molar-refractivity contribution in [2.75, 3.05) is 25.2 Å². The molecule has 0 aliphatic carbocycles. The van der Waals surface area contributed by atoms with E-state index in [1.807, 2.05) is 0 Å². The van der Waals surface area contributed by atoms with Gasteiger partial charge in [0.2, 0.25) is 5.79 Å². The fourth-order valence-electron chi connectivity index (χ4n) is 2.04. The summed E-state index contributed by atoms with van der Waals surface area (Å²) in [6, 6.07) is 6.67. The largest absolute Gasteiger partial charge is 0.394 e. The van der Waals surface area contributed by atoms with Crippen LogP contribution in [0.4, 0.5) is 0 Å². The molecule has 0 aromatic heterocycles. The average Bonchev–Trinajstić information content (AvgIpc) is 2.71. The zero-order valence-corrected chi connectivity index (χ0v) is 11.9. The quantitative estimate of drug-likeness (QED) is 0.896. The number of hydrogen-bond donors (Lipinski definition) is 1. The highest BCUT2D eigenvalue weighted by Crippen LogP contribution is 2.36. The molecule has 5 nitrogen and oxygen atoms in total. The lowest BCUT2D eigenvalue weighted by Gasteiger charge is -2.27. The van der Waals surface area contributed by atoms with Gasteiger partial charge in [0, 0.05) is 16.8 Å². The molecule has 0 bridgehead atoms. The third-order valence-corrected chi connectivity index (χ3v) is 3.92. The molecule has 0 saturated carbocycles. The van der Waals surface area contributed by atoms with Gasteiger partial charge in [-0.2, -0.15) is 0 Å². The van der Waals surface area contributed by atoms with Crippen LogP contribution in [0.1, 0.15) is 5.56 Å². The third-order valence-electron chi connectivity index (χ3n) is 2.78. The number of sulfone groups is 1. The van der Waals surface area contributed by atoms with Gasteiger partial charge in [0.15, 0.2) is 9.84 Å². The number of benzene rings is 1. The van der Waals surface area contributed by atoms with Gasteiger partial charge in [0.25, 0.3) is 0 Å². The highest BCUT2D eigenvalue weighted by molar-refractivity contribution is 7.90. The molecule has 2 rings (SSSR count). The Morgan fingerprint density at radius 1 is 1.53 bits per heavy atom. The van der Waals surface area contributed by atoms with Crippen LogP contribution in [0.25, 0.3) is 0 Å². The molecule has 1 aliphatic heterocycles. The lowest BCUT2D eigenvalue weighted by molar-refractivity contribution is -0.162. The normalized spacial score (nSPS) is 27.6. The summed E-state index contributed by atoms with van der Waals surface area (Å²) in [5, 5.41) is 9.58. The van der Waals surface area contributed by atoms with E-state index in [4.69, 9.17) is 26.2 Å². The molecule has 0 unspecified atom stereocenters. The van der Waals surface area contributed by atoms with Gasteiger partial charge < -0.3 is 14.6 Å². The average molecular weight is 307 g/mol. The van der Waals surface area contributed by atoms with Gasteiger partial charge >= 0.3 is 0 Å². The second-order valence-electron chi connectivity index (χ2n) is 4.57. The van der Waals surface area contributed by atoms with E-state index in [1.165, 1.54) is 0 Å². The summed E-state index contributed by atoms with van der Waals surface area (Å²) in [5.74, 6) is -1.72. The van der Waals surface area contributed by atoms with Crippen molar-refractivity contribution in [3.05, 3.63) is 34.9 Å². The molecule has 2 atom stereocenters. The summed E-state index contributed by atoms with van der Waals surface area (Å²) in [5.41, 5.74) is 0.529. The summed E-state index contributed by atoms with van der Waals surface area (Å²) >= 11 is 5.92. The van der Waals surface area contributed by atoms with Crippen LogP contribution in [0.15, 0.2) is 24.3 Å². The SMILES string of the molecule is CS(=O)(=O)C[C@@]1(c2cccc(Cl)c2)OC[C@@H](CO)O1. The Kier molecular flexibility index (Phi) is 4.17. The van der Waals surface area contributed by atoms with Crippen molar-refractivity contribution in [3.8, 4) is 0 Å². The van der Waals surface area contributed by atoms with Gasteiger partial charge in [-0.3, -0.25) is 0 Å². The van der Waals surface area contributed by atoms with Crippen molar-refractivity contribution in [2.45, 2.75) is 11.9 Å².